The Morgan fingerprint density at radius 1 is 1.15 bits per heavy atom. The van der Waals surface area contributed by atoms with Gasteiger partial charge in [-0.1, -0.05) is 17.7 Å². The Bertz CT molecular complexity index is 1260. The number of rotatable bonds is 4. The van der Waals surface area contributed by atoms with Gasteiger partial charge in [0.2, 0.25) is 5.91 Å². The second-order valence-electron chi connectivity index (χ2n) is 8.27. The summed E-state index contributed by atoms with van der Waals surface area (Å²) in [6.45, 7) is 3.34. The Kier molecular flexibility index (Phi) is 6.20. The summed E-state index contributed by atoms with van der Waals surface area (Å²) < 4.78 is 46.0. The highest BCUT2D eigenvalue weighted by Gasteiger charge is 2.40. The van der Waals surface area contributed by atoms with E-state index in [4.69, 9.17) is 16.3 Å². The summed E-state index contributed by atoms with van der Waals surface area (Å²) in [7, 11) is 3.14. The molecule has 1 aliphatic heterocycles. The van der Waals surface area contributed by atoms with Crippen LogP contribution in [0.3, 0.4) is 0 Å². The van der Waals surface area contributed by atoms with Crippen molar-refractivity contribution in [2.24, 2.45) is 0 Å². The fourth-order valence-electron chi connectivity index (χ4n) is 4.14. The molecule has 0 bridgehead atoms. The molecule has 1 aliphatic rings. The number of alkyl halides is 3. The number of hydrogen-bond acceptors (Lipinski definition) is 4. The van der Waals surface area contributed by atoms with Crippen molar-refractivity contribution in [1.29, 1.82) is 0 Å². The normalized spacial score (nSPS) is 15.3. The number of methoxy groups -OCH3 is 1. The predicted molar refractivity (Wildman–Crippen MR) is 126 cm³/mol. The standard InChI is InChI=1S/C25H23ClF3N3O2/c1-14-9-18(6-8-20(14)26)31(3)24(33)22-11-16-5-7-19(34-4)13-21(16)32(22)23-12-17(25(27,28)29)10-15(2)30-23/h5-10,12-13,22H,11H2,1-4H3. The molecule has 1 amide bonds. The second-order valence-corrected chi connectivity index (χ2v) is 8.68. The maximum Gasteiger partial charge on any atom is 0.416 e. The monoisotopic (exact) mass is 489 g/mol. The molecule has 1 unspecified atom stereocenters. The number of anilines is 3. The van der Waals surface area contributed by atoms with Crippen LogP contribution in [0.5, 0.6) is 5.75 Å². The van der Waals surface area contributed by atoms with Crippen LogP contribution in [0.25, 0.3) is 0 Å². The smallest absolute Gasteiger partial charge is 0.416 e. The second kappa shape index (κ2) is 8.83. The molecule has 9 heteroatoms. The quantitative estimate of drug-likeness (QED) is 0.444. The van der Waals surface area contributed by atoms with Crippen molar-refractivity contribution in [2.75, 3.05) is 24.0 Å². The number of nitrogens with zero attached hydrogens (tertiary/aromatic N) is 3. The molecule has 34 heavy (non-hydrogen) atoms. The van der Waals surface area contributed by atoms with Gasteiger partial charge in [-0.05, 0) is 61.4 Å². The molecule has 0 fully saturated rings. The van der Waals surface area contributed by atoms with Crippen molar-refractivity contribution in [2.45, 2.75) is 32.5 Å². The van der Waals surface area contributed by atoms with E-state index in [2.05, 4.69) is 4.98 Å². The van der Waals surface area contributed by atoms with Crippen LogP contribution in [0.4, 0.5) is 30.4 Å². The van der Waals surface area contributed by atoms with Gasteiger partial charge in [-0.2, -0.15) is 13.2 Å². The molecule has 2 heterocycles. The summed E-state index contributed by atoms with van der Waals surface area (Å²) in [5.74, 6) is 0.300. The lowest BCUT2D eigenvalue weighted by molar-refractivity contribution is -0.137. The molecule has 1 aromatic heterocycles. The van der Waals surface area contributed by atoms with Gasteiger partial charge in [-0.15, -0.1) is 0 Å². The third-order valence-corrected chi connectivity index (χ3v) is 6.36. The van der Waals surface area contributed by atoms with Crippen LogP contribution in [0.1, 0.15) is 22.4 Å². The molecule has 178 valence electrons. The minimum atomic E-state index is -4.55. The predicted octanol–water partition coefficient (Wildman–Crippen LogP) is 6.11. The third-order valence-electron chi connectivity index (χ3n) is 5.94. The van der Waals surface area contributed by atoms with E-state index in [0.717, 1.165) is 23.3 Å². The molecule has 0 saturated heterocycles. The first-order valence-electron chi connectivity index (χ1n) is 10.6. The zero-order chi connectivity index (χ0) is 24.8. The topological polar surface area (TPSA) is 45.7 Å². The van der Waals surface area contributed by atoms with E-state index in [1.54, 1.807) is 42.3 Å². The van der Waals surface area contributed by atoms with Gasteiger partial charge in [0.1, 0.15) is 17.6 Å². The van der Waals surface area contributed by atoms with E-state index in [1.807, 2.05) is 13.0 Å². The van der Waals surface area contributed by atoms with Crippen LogP contribution >= 0.6 is 11.6 Å². The van der Waals surface area contributed by atoms with Gasteiger partial charge in [-0.3, -0.25) is 4.79 Å². The summed E-state index contributed by atoms with van der Waals surface area (Å²) in [5, 5.41) is 0.579. The van der Waals surface area contributed by atoms with E-state index >= 15 is 0 Å². The highest BCUT2D eigenvalue weighted by molar-refractivity contribution is 6.31. The van der Waals surface area contributed by atoms with E-state index in [0.29, 0.717) is 28.6 Å². The third kappa shape index (κ3) is 4.42. The Hall–Kier alpha value is -3.26. The van der Waals surface area contributed by atoms with Crippen LogP contribution in [0.15, 0.2) is 48.5 Å². The summed E-state index contributed by atoms with van der Waals surface area (Å²) in [5.41, 5.74) is 2.23. The van der Waals surface area contributed by atoms with Gasteiger partial charge >= 0.3 is 6.18 Å². The molecular weight excluding hydrogens is 467 g/mol. The number of ether oxygens (including phenoxy) is 1. The molecule has 0 aliphatic carbocycles. The first-order chi connectivity index (χ1) is 16.0. The number of benzene rings is 2. The number of hydrogen-bond donors (Lipinski definition) is 0. The SMILES string of the molecule is COc1ccc2c(c1)N(c1cc(C(F)(F)F)cc(C)n1)C(C(=O)N(C)c1ccc(Cl)c(C)c1)C2. The van der Waals surface area contributed by atoms with Gasteiger partial charge in [0, 0.05) is 35.9 Å². The zero-order valence-corrected chi connectivity index (χ0v) is 19.8. The van der Waals surface area contributed by atoms with Gasteiger partial charge in [0.05, 0.1) is 18.4 Å². The molecule has 0 spiro atoms. The Morgan fingerprint density at radius 2 is 1.88 bits per heavy atom. The van der Waals surface area contributed by atoms with Crippen LogP contribution in [0, 0.1) is 13.8 Å². The summed E-state index contributed by atoms with van der Waals surface area (Å²) in [6.07, 6.45) is -4.23. The lowest BCUT2D eigenvalue weighted by atomic mass is 10.1. The Morgan fingerprint density at radius 3 is 2.53 bits per heavy atom. The van der Waals surface area contributed by atoms with Crippen LogP contribution < -0.4 is 14.5 Å². The first-order valence-corrected chi connectivity index (χ1v) is 10.9. The molecule has 2 aromatic carbocycles. The zero-order valence-electron chi connectivity index (χ0n) is 19.1. The summed E-state index contributed by atoms with van der Waals surface area (Å²) in [6, 6.07) is 11.7. The van der Waals surface area contributed by atoms with Crippen LogP contribution in [0.2, 0.25) is 5.02 Å². The van der Waals surface area contributed by atoms with Crippen LogP contribution in [-0.4, -0.2) is 31.1 Å². The van der Waals surface area contributed by atoms with E-state index in [1.165, 1.54) is 18.9 Å². The minimum Gasteiger partial charge on any atom is -0.497 e. The fourth-order valence-corrected chi connectivity index (χ4v) is 4.26. The first kappa shape index (κ1) is 23.9. The summed E-state index contributed by atoms with van der Waals surface area (Å²) in [4.78, 5) is 21.1. The maximum atomic E-state index is 13.7. The van der Waals surface area contributed by atoms with E-state index < -0.39 is 17.8 Å². The number of pyridine rings is 1. The van der Waals surface area contributed by atoms with Gasteiger partial charge < -0.3 is 14.5 Å². The average Bonchev–Trinajstić information content (AvgIpc) is 3.17. The Balaban J connectivity index is 1.81. The average molecular weight is 490 g/mol. The molecule has 1 atom stereocenters. The molecule has 5 nitrogen and oxygen atoms in total. The molecule has 0 N–H and O–H groups in total. The molecular formula is C25H23ClF3N3O2. The number of carbonyl (C=O) groups excluding carboxylic acids is 1. The lowest BCUT2D eigenvalue weighted by Gasteiger charge is -2.30. The molecule has 0 saturated carbocycles. The van der Waals surface area contributed by atoms with E-state index in [9.17, 15) is 18.0 Å². The number of aryl methyl sites for hydroxylation is 2. The maximum absolute atomic E-state index is 13.7. The lowest BCUT2D eigenvalue weighted by Crippen LogP contribution is -2.44. The van der Waals surface area contributed by atoms with Gasteiger partial charge in [-0.25, -0.2) is 4.98 Å². The van der Waals surface area contributed by atoms with Crippen molar-refractivity contribution in [3.05, 3.63) is 75.9 Å². The molecule has 3 aromatic rings. The van der Waals surface area contributed by atoms with Crippen molar-refractivity contribution < 1.29 is 22.7 Å². The minimum absolute atomic E-state index is 0.0540. The number of carbonyl (C=O) groups is 1. The van der Waals surface area contributed by atoms with Crippen molar-refractivity contribution >= 4 is 34.7 Å². The number of aromatic nitrogens is 1. The van der Waals surface area contributed by atoms with Crippen LogP contribution in [-0.2, 0) is 17.4 Å². The number of halogens is 4. The highest BCUT2D eigenvalue weighted by Crippen LogP contribution is 2.42. The Labute approximate surface area is 200 Å². The molecule has 0 radical (unpaired) electrons. The number of likely N-dealkylation sites (N-methyl/N-ethyl adjacent to an activating group) is 1. The largest absolute Gasteiger partial charge is 0.497 e. The van der Waals surface area contributed by atoms with Crippen molar-refractivity contribution in [1.82, 2.24) is 4.98 Å². The number of fused-ring (bicyclic) bond motifs is 1. The summed E-state index contributed by atoms with van der Waals surface area (Å²) >= 11 is 6.13. The van der Waals surface area contributed by atoms with Gasteiger partial charge in [0.25, 0.3) is 0 Å². The molecule has 4 rings (SSSR count). The number of amides is 1. The van der Waals surface area contributed by atoms with Gasteiger partial charge in [0.15, 0.2) is 0 Å². The van der Waals surface area contributed by atoms with Crippen molar-refractivity contribution in [3.63, 3.8) is 0 Å². The fraction of sp³-hybridized carbons (Fsp3) is 0.280. The van der Waals surface area contributed by atoms with Crippen molar-refractivity contribution in [3.8, 4) is 5.75 Å². The highest BCUT2D eigenvalue weighted by atomic mass is 35.5. The van der Waals surface area contributed by atoms with E-state index in [-0.39, 0.29) is 17.4 Å².